The van der Waals surface area contributed by atoms with Crippen molar-refractivity contribution in [1.82, 2.24) is 15.0 Å². The lowest BCUT2D eigenvalue weighted by Gasteiger charge is -2.06. The zero-order valence-corrected chi connectivity index (χ0v) is 8.69. The summed E-state index contributed by atoms with van der Waals surface area (Å²) in [6.07, 6.45) is 3.74. The summed E-state index contributed by atoms with van der Waals surface area (Å²) in [6, 6.07) is 0. The van der Waals surface area contributed by atoms with Gasteiger partial charge in [0.05, 0.1) is 19.8 Å². The Morgan fingerprint density at radius 3 is 3.07 bits per heavy atom. The first-order chi connectivity index (χ1) is 6.88. The first kappa shape index (κ1) is 11.2. The van der Waals surface area contributed by atoms with E-state index in [-0.39, 0.29) is 0 Å². The maximum Gasteiger partial charge on any atom is 0.125 e. The predicted octanol–water partition coefficient (Wildman–Crippen LogP) is 0.571. The second kappa shape index (κ2) is 6.53. The fraction of sp³-hybridized carbons (Fsp3) is 0.667. The maximum absolute atomic E-state index is 5.12. The van der Waals surface area contributed by atoms with Gasteiger partial charge >= 0.3 is 0 Å². The topological polar surface area (TPSA) is 48.3 Å². The Labute approximate surface area is 84.0 Å². The van der Waals surface area contributed by atoms with Gasteiger partial charge < -0.3 is 9.30 Å². The van der Waals surface area contributed by atoms with Crippen LogP contribution in [0.4, 0.5) is 0 Å². The molecule has 1 heterocycles. The van der Waals surface area contributed by atoms with Crippen LogP contribution >= 0.6 is 0 Å². The number of hydroxylamine groups is 1. The number of nitrogens with one attached hydrogen (secondary N) is 1. The molecule has 5 nitrogen and oxygen atoms in total. The van der Waals surface area contributed by atoms with E-state index in [1.165, 1.54) is 0 Å². The Balaban J connectivity index is 2.17. The Bertz CT molecular complexity index is 250. The fourth-order valence-electron chi connectivity index (χ4n) is 1.11. The second-order valence-corrected chi connectivity index (χ2v) is 2.79. The summed E-state index contributed by atoms with van der Waals surface area (Å²) >= 11 is 0. The number of hydrogen-bond donors (Lipinski definition) is 1. The Hall–Kier alpha value is -0.910. The summed E-state index contributed by atoms with van der Waals surface area (Å²) in [6.45, 7) is 4.76. The van der Waals surface area contributed by atoms with Gasteiger partial charge in [0.2, 0.25) is 0 Å². The highest BCUT2D eigenvalue weighted by Gasteiger charge is 1.99. The van der Waals surface area contributed by atoms with Crippen LogP contribution in [-0.4, -0.2) is 29.9 Å². The number of imidazole rings is 1. The largest absolute Gasteiger partial charge is 0.382 e. The summed E-state index contributed by atoms with van der Waals surface area (Å²) in [7, 11) is 1.65. The molecular formula is C9H17N3O2. The van der Waals surface area contributed by atoms with Crippen LogP contribution in [0.3, 0.4) is 0 Å². The quantitative estimate of drug-likeness (QED) is 0.515. The summed E-state index contributed by atoms with van der Waals surface area (Å²) in [5.74, 6) is 0.977. The first-order valence-electron chi connectivity index (χ1n) is 4.72. The molecule has 0 aliphatic rings. The van der Waals surface area contributed by atoms with Gasteiger partial charge in [-0.2, -0.15) is 5.48 Å². The molecule has 0 unspecified atom stereocenters. The average Bonchev–Trinajstić information content (AvgIpc) is 2.65. The van der Waals surface area contributed by atoms with Gasteiger partial charge in [-0.3, -0.25) is 4.84 Å². The summed E-state index contributed by atoms with van der Waals surface area (Å²) in [4.78, 5) is 9.31. The van der Waals surface area contributed by atoms with Crippen LogP contribution in [0.15, 0.2) is 12.4 Å². The monoisotopic (exact) mass is 199 g/mol. The highest BCUT2D eigenvalue weighted by molar-refractivity contribution is 4.90. The molecule has 1 N–H and O–H groups in total. The number of ether oxygens (including phenoxy) is 1. The molecule has 0 bridgehead atoms. The normalized spacial score (nSPS) is 10.7. The number of nitrogens with zero attached hydrogens (tertiary/aromatic N) is 2. The van der Waals surface area contributed by atoms with Gasteiger partial charge in [-0.15, -0.1) is 0 Å². The van der Waals surface area contributed by atoms with Gasteiger partial charge in [0.25, 0.3) is 0 Å². The van der Waals surface area contributed by atoms with Crippen LogP contribution < -0.4 is 5.48 Å². The summed E-state index contributed by atoms with van der Waals surface area (Å²) in [5.41, 5.74) is 2.83. The molecule has 80 valence electrons. The lowest BCUT2D eigenvalue weighted by Crippen LogP contribution is -2.19. The molecule has 14 heavy (non-hydrogen) atoms. The van der Waals surface area contributed by atoms with Crippen LogP contribution in [0.1, 0.15) is 12.7 Å². The standard InChI is InChI=1S/C9H17N3O2/c1-3-12-5-4-10-9(12)8-11-14-7-6-13-2/h4-5,11H,3,6-8H2,1-2H3. The van der Waals surface area contributed by atoms with E-state index in [4.69, 9.17) is 9.57 Å². The minimum Gasteiger partial charge on any atom is -0.382 e. The van der Waals surface area contributed by atoms with Gasteiger partial charge in [-0.05, 0) is 6.92 Å². The molecule has 1 rings (SSSR count). The van der Waals surface area contributed by atoms with Gasteiger partial charge in [0.15, 0.2) is 0 Å². The molecule has 0 spiro atoms. The third-order valence-electron chi connectivity index (χ3n) is 1.86. The molecule has 0 fully saturated rings. The van der Waals surface area contributed by atoms with E-state index in [0.717, 1.165) is 12.4 Å². The number of methoxy groups -OCH3 is 1. The smallest absolute Gasteiger partial charge is 0.125 e. The molecule has 0 aromatic carbocycles. The predicted molar refractivity (Wildman–Crippen MR) is 52.6 cm³/mol. The number of hydrogen-bond acceptors (Lipinski definition) is 4. The number of aryl methyl sites for hydroxylation is 1. The van der Waals surface area contributed by atoms with Crippen molar-refractivity contribution in [3.05, 3.63) is 18.2 Å². The molecule has 0 saturated carbocycles. The first-order valence-corrected chi connectivity index (χ1v) is 4.72. The molecule has 0 aliphatic carbocycles. The molecule has 0 amide bonds. The molecule has 0 aliphatic heterocycles. The molecular weight excluding hydrogens is 182 g/mol. The van der Waals surface area contributed by atoms with Crippen LogP contribution in [-0.2, 0) is 22.7 Å². The van der Waals surface area contributed by atoms with E-state index < -0.39 is 0 Å². The van der Waals surface area contributed by atoms with E-state index in [0.29, 0.717) is 19.8 Å². The number of aromatic nitrogens is 2. The van der Waals surface area contributed by atoms with Crippen molar-refractivity contribution in [2.75, 3.05) is 20.3 Å². The van der Waals surface area contributed by atoms with Crippen molar-refractivity contribution in [3.8, 4) is 0 Å². The third kappa shape index (κ3) is 3.45. The molecule has 0 saturated heterocycles. The minimum atomic E-state index is 0.545. The van der Waals surface area contributed by atoms with E-state index in [1.54, 1.807) is 13.3 Å². The Morgan fingerprint density at radius 2 is 2.36 bits per heavy atom. The van der Waals surface area contributed by atoms with E-state index in [9.17, 15) is 0 Å². The molecule has 1 aromatic rings. The SMILES string of the molecule is CCn1ccnc1CNOCCOC. The molecule has 0 atom stereocenters. The highest BCUT2D eigenvalue weighted by Crippen LogP contribution is 1.96. The summed E-state index contributed by atoms with van der Waals surface area (Å²) < 4.78 is 6.90. The zero-order chi connectivity index (χ0) is 10.2. The second-order valence-electron chi connectivity index (χ2n) is 2.79. The zero-order valence-electron chi connectivity index (χ0n) is 8.69. The highest BCUT2D eigenvalue weighted by atomic mass is 16.7. The van der Waals surface area contributed by atoms with Crippen LogP contribution in [0.5, 0.6) is 0 Å². The van der Waals surface area contributed by atoms with Crippen molar-refractivity contribution in [2.24, 2.45) is 0 Å². The third-order valence-corrected chi connectivity index (χ3v) is 1.86. The van der Waals surface area contributed by atoms with Gasteiger partial charge in [-0.1, -0.05) is 0 Å². The lowest BCUT2D eigenvalue weighted by atomic mass is 10.6. The van der Waals surface area contributed by atoms with Gasteiger partial charge in [0, 0.05) is 26.0 Å². The van der Waals surface area contributed by atoms with Crippen LogP contribution in [0.2, 0.25) is 0 Å². The van der Waals surface area contributed by atoms with Gasteiger partial charge in [0.1, 0.15) is 5.82 Å². The Kier molecular flexibility index (Phi) is 5.21. The summed E-state index contributed by atoms with van der Waals surface area (Å²) in [5, 5.41) is 0. The lowest BCUT2D eigenvalue weighted by molar-refractivity contribution is 0.00209. The fourth-order valence-corrected chi connectivity index (χ4v) is 1.11. The van der Waals surface area contributed by atoms with Crippen molar-refractivity contribution in [3.63, 3.8) is 0 Å². The number of rotatable bonds is 7. The van der Waals surface area contributed by atoms with E-state index >= 15 is 0 Å². The van der Waals surface area contributed by atoms with Crippen molar-refractivity contribution >= 4 is 0 Å². The van der Waals surface area contributed by atoms with Crippen molar-refractivity contribution < 1.29 is 9.57 Å². The maximum atomic E-state index is 5.12. The van der Waals surface area contributed by atoms with E-state index in [1.807, 2.05) is 6.20 Å². The average molecular weight is 199 g/mol. The van der Waals surface area contributed by atoms with Crippen LogP contribution in [0.25, 0.3) is 0 Å². The Morgan fingerprint density at radius 1 is 1.50 bits per heavy atom. The van der Waals surface area contributed by atoms with Crippen molar-refractivity contribution in [1.29, 1.82) is 0 Å². The minimum absolute atomic E-state index is 0.545. The van der Waals surface area contributed by atoms with E-state index in [2.05, 4.69) is 22.0 Å². The molecule has 5 heteroatoms. The van der Waals surface area contributed by atoms with Crippen molar-refractivity contribution in [2.45, 2.75) is 20.0 Å². The molecule has 1 aromatic heterocycles. The van der Waals surface area contributed by atoms with Crippen LogP contribution in [0, 0.1) is 0 Å². The van der Waals surface area contributed by atoms with Gasteiger partial charge in [-0.25, -0.2) is 4.98 Å². The molecule has 0 radical (unpaired) electrons.